The summed E-state index contributed by atoms with van der Waals surface area (Å²) in [7, 11) is -3.69. The minimum absolute atomic E-state index is 0.181. The first-order chi connectivity index (χ1) is 14.2. The second-order valence-electron chi connectivity index (χ2n) is 7.63. The van der Waals surface area contributed by atoms with Crippen molar-refractivity contribution in [1.29, 1.82) is 0 Å². The molecule has 0 bridgehead atoms. The number of halogens is 2. The molecule has 8 heteroatoms. The molecule has 3 rings (SSSR count). The Morgan fingerprint density at radius 2 is 1.77 bits per heavy atom. The molecule has 0 heterocycles. The largest absolute Gasteiger partial charge is 0.348 e. The van der Waals surface area contributed by atoms with Crippen LogP contribution in [0.15, 0.2) is 36.4 Å². The van der Waals surface area contributed by atoms with Gasteiger partial charge < -0.3 is 5.32 Å². The van der Waals surface area contributed by atoms with Gasteiger partial charge in [-0.3, -0.25) is 9.10 Å². The maximum atomic E-state index is 12.8. The van der Waals surface area contributed by atoms with Crippen LogP contribution in [0, 0.1) is 0 Å². The third-order valence-electron chi connectivity index (χ3n) is 5.40. The minimum atomic E-state index is -3.69. The smallest absolute Gasteiger partial charge is 0.241 e. The van der Waals surface area contributed by atoms with E-state index in [9.17, 15) is 13.2 Å². The number of hydrogen-bond acceptors (Lipinski definition) is 3. The highest BCUT2D eigenvalue weighted by atomic mass is 35.5. The highest BCUT2D eigenvalue weighted by Gasteiger charge is 2.23. The van der Waals surface area contributed by atoms with Crippen LogP contribution in [0.2, 0.25) is 10.0 Å². The zero-order valence-electron chi connectivity index (χ0n) is 17.1. The highest BCUT2D eigenvalue weighted by molar-refractivity contribution is 7.92. The van der Waals surface area contributed by atoms with Crippen molar-refractivity contribution in [3.8, 4) is 0 Å². The summed E-state index contributed by atoms with van der Waals surface area (Å²) in [6.45, 7) is 1.66. The first-order valence-corrected chi connectivity index (χ1v) is 12.6. The lowest BCUT2D eigenvalue weighted by molar-refractivity contribution is -0.120. The zero-order valence-corrected chi connectivity index (χ0v) is 19.4. The molecule has 0 aromatic heterocycles. The fraction of sp³-hybridized carbons (Fsp3) is 0.409. The zero-order chi connectivity index (χ0) is 21.9. The lowest BCUT2D eigenvalue weighted by Crippen LogP contribution is -2.41. The van der Waals surface area contributed by atoms with Gasteiger partial charge in [-0.2, -0.15) is 0 Å². The van der Waals surface area contributed by atoms with Crippen molar-refractivity contribution in [2.45, 2.75) is 45.1 Å². The van der Waals surface area contributed by atoms with Crippen LogP contribution in [0.25, 0.3) is 0 Å². The van der Waals surface area contributed by atoms with Crippen molar-refractivity contribution in [2.24, 2.45) is 0 Å². The Labute approximate surface area is 188 Å². The number of amides is 1. The molecule has 0 radical (unpaired) electrons. The SMILES string of the molecule is CC[C@H](NC(=O)CN(c1ccc(Cl)c(Cl)c1)S(C)(=O)=O)c1ccc2c(c1)CCCC2. The maximum absolute atomic E-state index is 12.8. The summed E-state index contributed by atoms with van der Waals surface area (Å²) in [5.74, 6) is -0.379. The molecule has 0 spiro atoms. The summed E-state index contributed by atoms with van der Waals surface area (Å²) in [6.07, 6.45) is 6.33. The van der Waals surface area contributed by atoms with Crippen molar-refractivity contribution < 1.29 is 13.2 Å². The van der Waals surface area contributed by atoms with Crippen LogP contribution in [-0.4, -0.2) is 27.1 Å². The van der Waals surface area contributed by atoms with Crippen LogP contribution in [-0.2, 0) is 27.7 Å². The highest BCUT2D eigenvalue weighted by Crippen LogP contribution is 2.29. The standard InChI is InChI=1S/C22H26Cl2N2O3S/c1-3-21(17-9-8-15-6-4-5-7-16(15)12-17)25-22(27)14-26(30(2,28)29)18-10-11-19(23)20(24)13-18/h8-13,21H,3-7,14H2,1-2H3,(H,25,27)/t21-/m0/s1. The molecule has 2 aromatic rings. The molecule has 1 N–H and O–H groups in total. The summed E-state index contributed by atoms with van der Waals surface area (Å²) in [5, 5.41) is 3.53. The van der Waals surface area contributed by atoms with E-state index in [-0.39, 0.29) is 23.5 Å². The van der Waals surface area contributed by atoms with Gasteiger partial charge in [-0.05, 0) is 67.0 Å². The van der Waals surface area contributed by atoms with Crippen LogP contribution >= 0.6 is 23.2 Å². The van der Waals surface area contributed by atoms with Crippen molar-refractivity contribution in [3.05, 3.63) is 63.1 Å². The first-order valence-electron chi connectivity index (χ1n) is 10.0. The number of sulfonamides is 1. The molecular formula is C22H26Cl2N2O3S. The molecule has 30 heavy (non-hydrogen) atoms. The second kappa shape index (κ2) is 9.58. The molecule has 162 valence electrons. The van der Waals surface area contributed by atoms with Gasteiger partial charge in [0.15, 0.2) is 0 Å². The number of carbonyl (C=O) groups excluding carboxylic acids is 1. The lowest BCUT2D eigenvalue weighted by Gasteiger charge is -2.25. The number of anilines is 1. The van der Waals surface area contributed by atoms with Gasteiger partial charge in [0.2, 0.25) is 15.9 Å². The minimum Gasteiger partial charge on any atom is -0.348 e. The van der Waals surface area contributed by atoms with Crippen molar-refractivity contribution in [1.82, 2.24) is 5.32 Å². The topological polar surface area (TPSA) is 66.5 Å². The van der Waals surface area contributed by atoms with Gasteiger partial charge in [0.25, 0.3) is 0 Å². The number of nitrogens with one attached hydrogen (secondary N) is 1. The maximum Gasteiger partial charge on any atom is 0.241 e. The predicted molar refractivity (Wildman–Crippen MR) is 123 cm³/mol. The molecule has 0 saturated carbocycles. The lowest BCUT2D eigenvalue weighted by atomic mass is 9.89. The molecule has 0 fully saturated rings. The predicted octanol–water partition coefficient (Wildman–Crippen LogP) is 4.91. The van der Waals surface area contributed by atoms with E-state index in [1.54, 1.807) is 0 Å². The van der Waals surface area contributed by atoms with Crippen molar-refractivity contribution >= 4 is 44.8 Å². The van der Waals surface area contributed by atoms with E-state index in [1.165, 1.54) is 42.2 Å². The number of aryl methyl sites for hydroxylation is 2. The summed E-state index contributed by atoms with van der Waals surface area (Å²) >= 11 is 12.0. The van der Waals surface area contributed by atoms with E-state index < -0.39 is 10.0 Å². The van der Waals surface area contributed by atoms with Gasteiger partial charge >= 0.3 is 0 Å². The number of rotatable bonds is 7. The summed E-state index contributed by atoms with van der Waals surface area (Å²) < 4.78 is 25.7. The second-order valence-corrected chi connectivity index (χ2v) is 10.4. The Balaban J connectivity index is 1.77. The van der Waals surface area contributed by atoms with Crippen LogP contribution < -0.4 is 9.62 Å². The Morgan fingerprint density at radius 1 is 1.07 bits per heavy atom. The molecule has 1 amide bonds. The summed E-state index contributed by atoms with van der Waals surface area (Å²) in [6, 6.07) is 10.7. The van der Waals surface area contributed by atoms with E-state index >= 15 is 0 Å². The number of nitrogens with zero attached hydrogens (tertiary/aromatic N) is 1. The Morgan fingerprint density at radius 3 is 2.40 bits per heavy atom. The van der Waals surface area contributed by atoms with Crippen LogP contribution in [0.1, 0.15) is 48.9 Å². The van der Waals surface area contributed by atoms with E-state index in [1.807, 2.05) is 6.92 Å². The molecule has 5 nitrogen and oxygen atoms in total. The number of hydrogen-bond donors (Lipinski definition) is 1. The molecular weight excluding hydrogens is 443 g/mol. The summed E-state index contributed by atoms with van der Waals surface area (Å²) in [5.41, 5.74) is 4.07. The van der Waals surface area contributed by atoms with Crippen LogP contribution in [0.3, 0.4) is 0 Å². The summed E-state index contributed by atoms with van der Waals surface area (Å²) in [4.78, 5) is 12.8. The number of fused-ring (bicyclic) bond motifs is 1. The fourth-order valence-corrected chi connectivity index (χ4v) is 4.94. The fourth-order valence-electron chi connectivity index (χ4n) is 3.80. The van der Waals surface area contributed by atoms with Crippen LogP contribution in [0.4, 0.5) is 5.69 Å². The third-order valence-corrected chi connectivity index (χ3v) is 7.28. The van der Waals surface area contributed by atoms with Gasteiger partial charge in [0, 0.05) is 0 Å². The molecule has 1 aliphatic rings. The van der Waals surface area contributed by atoms with Crippen molar-refractivity contribution in [3.63, 3.8) is 0 Å². The van der Waals surface area contributed by atoms with Gasteiger partial charge in [0.05, 0.1) is 28.0 Å². The van der Waals surface area contributed by atoms with Gasteiger partial charge in [0.1, 0.15) is 6.54 Å². The average Bonchev–Trinajstić information content (AvgIpc) is 2.71. The first kappa shape index (κ1) is 22.9. The van der Waals surface area contributed by atoms with E-state index in [4.69, 9.17) is 23.2 Å². The van der Waals surface area contributed by atoms with Gasteiger partial charge in [-0.1, -0.05) is 48.3 Å². The number of carbonyl (C=O) groups is 1. The Hall–Kier alpha value is -1.76. The monoisotopic (exact) mass is 468 g/mol. The van der Waals surface area contributed by atoms with Crippen LogP contribution in [0.5, 0.6) is 0 Å². The van der Waals surface area contributed by atoms with Gasteiger partial charge in [-0.15, -0.1) is 0 Å². The number of benzene rings is 2. The average molecular weight is 469 g/mol. The molecule has 1 atom stereocenters. The third kappa shape index (κ3) is 5.48. The molecule has 1 aliphatic carbocycles. The molecule has 0 unspecified atom stereocenters. The van der Waals surface area contributed by atoms with Gasteiger partial charge in [-0.25, -0.2) is 8.42 Å². The van der Waals surface area contributed by atoms with E-state index in [0.29, 0.717) is 17.1 Å². The Kier molecular flexibility index (Phi) is 7.32. The quantitative estimate of drug-likeness (QED) is 0.627. The normalized spacial score (nSPS) is 14.7. The molecule has 0 saturated heterocycles. The van der Waals surface area contributed by atoms with E-state index in [2.05, 4.69) is 23.5 Å². The molecule has 0 aliphatic heterocycles. The molecule has 2 aromatic carbocycles. The van der Waals surface area contributed by atoms with E-state index in [0.717, 1.165) is 29.0 Å². The Bertz CT molecular complexity index is 1040. The van der Waals surface area contributed by atoms with Crippen molar-refractivity contribution in [2.75, 3.05) is 17.1 Å².